The molecule has 0 radical (unpaired) electrons. The van der Waals surface area contributed by atoms with Crippen LogP contribution in [-0.2, 0) is 10.5 Å². The third-order valence-electron chi connectivity index (χ3n) is 1.84. The fourth-order valence-corrected chi connectivity index (χ4v) is 1.71. The van der Waals surface area contributed by atoms with E-state index in [1.54, 1.807) is 0 Å². The predicted octanol–water partition coefficient (Wildman–Crippen LogP) is 0.838. The second-order valence-electron chi connectivity index (χ2n) is 3.66. The molecular formula is C9H15N3O3S. The minimum atomic E-state index is -0.999. The number of aliphatic carboxylic acids is 1. The van der Waals surface area contributed by atoms with Crippen molar-refractivity contribution in [2.24, 2.45) is 5.73 Å². The largest absolute Gasteiger partial charge is 0.480 e. The van der Waals surface area contributed by atoms with E-state index in [2.05, 4.69) is 10.1 Å². The van der Waals surface area contributed by atoms with Crippen molar-refractivity contribution in [3.05, 3.63) is 11.7 Å². The summed E-state index contributed by atoms with van der Waals surface area (Å²) in [6, 6.07) is -0.850. The molecule has 0 aliphatic carbocycles. The SMILES string of the molecule is CC(C)c1noc(CSC[C@@H](N)C(=O)O)n1. The van der Waals surface area contributed by atoms with Crippen molar-refractivity contribution in [1.29, 1.82) is 0 Å². The van der Waals surface area contributed by atoms with Crippen LogP contribution in [-0.4, -0.2) is 33.0 Å². The van der Waals surface area contributed by atoms with Gasteiger partial charge in [-0.25, -0.2) is 0 Å². The molecule has 0 saturated carbocycles. The Morgan fingerprint density at radius 3 is 2.81 bits per heavy atom. The minimum absolute atomic E-state index is 0.226. The highest BCUT2D eigenvalue weighted by molar-refractivity contribution is 7.98. The minimum Gasteiger partial charge on any atom is -0.480 e. The zero-order chi connectivity index (χ0) is 12.1. The number of hydrogen-bond acceptors (Lipinski definition) is 6. The van der Waals surface area contributed by atoms with Crippen molar-refractivity contribution in [2.75, 3.05) is 5.75 Å². The van der Waals surface area contributed by atoms with Crippen LogP contribution in [0.1, 0.15) is 31.5 Å². The molecule has 1 rings (SSSR count). The van der Waals surface area contributed by atoms with Crippen LogP contribution >= 0.6 is 11.8 Å². The molecule has 0 unspecified atom stereocenters. The highest BCUT2D eigenvalue weighted by atomic mass is 32.2. The lowest BCUT2D eigenvalue weighted by atomic mass is 10.2. The van der Waals surface area contributed by atoms with Crippen LogP contribution in [0.25, 0.3) is 0 Å². The molecule has 0 fully saturated rings. The Morgan fingerprint density at radius 1 is 1.62 bits per heavy atom. The first-order chi connectivity index (χ1) is 7.50. The first-order valence-corrected chi connectivity index (χ1v) is 6.04. The summed E-state index contributed by atoms with van der Waals surface area (Å²) in [5.74, 6) is 1.21. The van der Waals surface area contributed by atoms with Gasteiger partial charge in [0.15, 0.2) is 5.82 Å². The van der Waals surface area contributed by atoms with Gasteiger partial charge in [-0.15, -0.1) is 11.8 Å². The smallest absolute Gasteiger partial charge is 0.321 e. The first-order valence-electron chi connectivity index (χ1n) is 4.89. The van der Waals surface area contributed by atoms with Gasteiger partial charge in [-0.05, 0) is 0 Å². The molecule has 0 aliphatic rings. The molecule has 0 amide bonds. The molecular weight excluding hydrogens is 230 g/mol. The summed E-state index contributed by atoms with van der Waals surface area (Å²) >= 11 is 1.37. The Balaban J connectivity index is 2.34. The summed E-state index contributed by atoms with van der Waals surface area (Å²) in [4.78, 5) is 14.6. The van der Waals surface area contributed by atoms with E-state index in [-0.39, 0.29) is 5.92 Å². The highest BCUT2D eigenvalue weighted by Crippen LogP contribution is 2.14. The monoisotopic (exact) mass is 245 g/mol. The van der Waals surface area contributed by atoms with E-state index < -0.39 is 12.0 Å². The zero-order valence-corrected chi connectivity index (χ0v) is 10.0. The standard InChI is InChI=1S/C9H15N3O3S/c1-5(2)8-11-7(15-12-8)4-16-3-6(10)9(13)14/h5-6H,3-4,10H2,1-2H3,(H,13,14)/t6-/m1/s1. The summed E-state index contributed by atoms with van der Waals surface area (Å²) in [7, 11) is 0. The number of carboxylic acid groups (broad SMARTS) is 1. The van der Waals surface area contributed by atoms with Crippen LogP contribution in [0.2, 0.25) is 0 Å². The van der Waals surface area contributed by atoms with E-state index >= 15 is 0 Å². The Labute approximate surface area is 97.6 Å². The molecule has 7 heteroatoms. The number of hydrogen-bond donors (Lipinski definition) is 2. The molecule has 3 N–H and O–H groups in total. The van der Waals surface area contributed by atoms with Crippen molar-refractivity contribution in [2.45, 2.75) is 31.6 Å². The molecule has 1 heterocycles. The molecule has 1 atom stereocenters. The molecule has 16 heavy (non-hydrogen) atoms. The van der Waals surface area contributed by atoms with E-state index in [4.69, 9.17) is 15.4 Å². The Hall–Kier alpha value is -1.08. The Morgan fingerprint density at radius 2 is 2.31 bits per heavy atom. The zero-order valence-electron chi connectivity index (χ0n) is 9.21. The maximum Gasteiger partial charge on any atom is 0.321 e. The maximum atomic E-state index is 10.4. The average molecular weight is 245 g/mol. The normalized spacial score (nSPS) is 13.0. The molecule has 1 aromatic heterocycles. The Bertz CT molecular complexity index is 354. The average Bonchev–Trinajstić information content (AvgIpc) is 2.66. The number of carbonyl (C=O) groups is 1. The molecule has 90 valence electrons. The van der Waals surface area contributed by atoms with E-state index in [0.717, 1.165) is 0 Å². The van der Waals surface area contributed by atoms with Gasteiger partial charge in [0, 0.05) is 11.7 Å². The van der Waals surface area contributed by atoms with Gasteiger partial charge in [-0.2, -0.15) is 4.98 Å². The van der Waals surface area contributed by atoms with Crippen LogP contribution in [0.4, 0.5) is 0 Å². The molecule has 1 aromatic rings. The molecule has 0 bridgehead atoms. The fraction of sp³-hybridized carbons (Fsp3) is 0.667. The summed E-state index contributed by atoms with van der Waals surface area (Å²) in [5, 5.41) is 12.4. The summed E-state index contributed by atoms with van der Waals surface area (Å²) in [6.07, 6.45) is 0. The van der Waals surface area contributed by atoms with E-state index in [1.165, 1.54) is 11.8 Å². The van der Waals surface area contributed by atoms with Gasteiger partial charge in [-0.3, -0.25) is 4.79 Å². The van der Waals surface area contributed by atoms with E-state index in [1.807, 2.05) is 13.8 Å². The van der Waals surface area contributed by atoms with Gasteiger partial charge in [0.2, 0.25) is 5.89 Å². The number of nitrogens with zero attached hydrogens (tertiary/aromatic N) is 2. The van der Waals surface area contributed by atoms with E-state index in [0.29, 0.717) is 23.2 Å². The van der Waals surface area contributed by atoms with Crippen molar-refractivity contribution < 1.29 is 14.4 Å². The molecule has 0 spiro atoms. The summed E-state index contributed by atoms with van der Waals surface area (Å²) < 4.78 is 5.00. The first kappa shape index (κ1) is 13.0. The quantitative estimate of drug-likeness (QED) is 0.765. The lowest BCUT2D eigenvalue weighted by molar-refractivity contribution is -0.137. The molecule has 6 nitrogen and oxygen atoms in total. The number of carboxylic acids is 1. The topological polar surface area (TPSA) is 102 Å². The Kier molecular flexibility index (Phi) is 4.75. The number of nitrogens with two attached hydrogens (primary N) is 1. The highest BCUT2D eigenvalue weighted by Gasteiger charge is 2.13. The van der Waals surface area contributed by atoms with Gasteiger partial charge in [0.1, 0.15) is 6.04 Å². The third-order valence-corrected chi connectivity index (χ3v) is 2.89. The van der Waals surface area contributed by atoms with Crippen LogP contribution in [0.3, 0.4) is 0 Å². The number of aromatic nitrogens is 2. The molecule has 0 saturated heterocycles. The van der Waals surface area contributed by atoms with Gasteiger partial charge in [0.05, 0.1) is 5.75 Å². The lowest BCUT2D eigenvalue weighted by Gasteiger charge is -2.03. The van der Waals surface area contributed by atoms with Crippen molar-refractivity contribution >= 4 is 17.7 Å². The van der Waals surface area contributed by atoms with E-state index in [9.17, 15) is 4.79 Å². The van der Waals surface area contributed by atoms with Crippen LogP contribution in [0, 0.1) is 0 Å². The van der Waals surface area contributed by atoms with Gasteiger partial charge >= 0.3 is 5.97 Å². The van der Waals surface area contributed by atoms with Crippen molar-refractivity contribution in [3.63, 3.8) is 0 Å². The summed E-state index contributed by atoms with van der Waals surface area (Å²) in [5.41, 5.74) is 5.35. The van der Waals surface area contributed by atoms with Crippen LogP contribution < -0.4 is 5.73 Å². The second kappa shape index (κ2) is 5.86. The van der Waals surface area contributed by atoms with Gasteiger partial charge in [-0.1, -0.05) is 19.0 Å². The maximum absolute atomic E-state index is 10.4. The number of rotatable bonds is 6. The summed E-state index contributed by atoms with van der Waals surface area (Å²) in [6.45, 7) is 3.95. The lowest BCUT2D eigenvalue weighted by Crippen LogP contribution is -2.32. The van der Waals surface area contributed by atoms with Crippen molar-refractivity contribution in [1.82, 2.24) is 10.1 Å². The molecule has 0 aliphatic heterocycles. The van der Waals surface area contributed by atoms with Gasteiger partial charge < -0.3 is 15.4 Å². The van der Waals surface area contributed by atoms with Gasteiger partial charge in [0.25, 0.3) is 0 Å². The second-order valence-corrected chi connectivity index (χ2v) is 4.69. The van der Waals surface area contributed by atoms with Crippen LogP contribution in [0.5, 0.6) is 0 Å². The predicted molar refractivity (Wildman–Crippen MR) is 60.2 cm³/mol. The van der Waals surface area contributed by atoms with Crippen molar-refractivity contribution in [3.8, 4) is 0 Å². The fourth-order valence-electron chi connectivity index (χ4n) is 0.906. The number of thioether (sulfide) groups is 1. The van der Waals surface area contributed by atoms with Crippen LogP contribution in [0.15, 0.2) is 4.52 Å². The third kappa shape index (κ3) is 3.82. The molecule has 0 aromatic carbocycles.